The molecule has 3 N–H and O–H groups in total. The zero-order valence-electron chi connectivity index (χ0n) is 7.64. The highest BCUT2D eigenvalue weighted by atomic mass is 16.4. The minimum absolute atomic E-state index is 0.0990. The number of aromatic amines is 1. The first-order chi connectivity index (χ1) is 7.16. The Morgan fingerprint density at radius 2 is 1.93 bits per heavy atom. The highest BCUT2D eigenvalue weighted by Crippen LogP contribution is 2.19. The number of carboxylic acids is 1. The van der Waals surface area contributed by atoms with Gasteiger partial charge in [-0.3, -0.25) is 0 Å². The van der Waals surface area contributed by atoms with Gasteiger partial charge in [-0.25, -0.2) is 9.78 Å². The van der Waals surface area contributed by atoms with E-state index in [0.717, 1.165) is 5.56 Å². The minimum atomic E-state index is -1.10. The van der Waals surface area contributed by atoms with Crippen LogP contribution in [-0.2, 0) is 0 Å². The molecule has 2 rings (SSSR count). The average Bonchev–Trinajstić information content (AvgIpc) is 2.68. The average molecular weight is 204 g/mol. The SMILES string of the molecule is O=C(O)c1ncc(-c2ccc(O)cc2)[nH]1. The van der Waals surface area contributed by atoms with Crippen molar-refractivity contribution in [1.82, 2.24) is 9.97 Å². The monoisotopic (exact) mass is 204 g/mol. The summed E-state index contributed by atoms with van der Waals surface area (Å²) in [5.41, 5.74) is 1.38. The molecule has 0 aliphatic carbocycles. The molecular formula is C10H8N2O3. The predicted octanol–water partition coefficient (Wildman–Crippen LogP) is 1.48. The van der Waals surface area contributed by atoms with Crippen molar-refractivity contribution in [2.45, 2.75) is 0 Å². The van der Waals surface area contributed by atoms with E-state index in [-0.39, 0.29) is 11.6 Å². The number of carbonyl (C=O) groups is 1. The molecule has 76 valence electrons. The summed E-state index contributed by atoms with van der Waals surface area (Å²) in [4.78, 5) is 16.9. The Bertz CT molecular complexity index is 488. The molecule has 0 bridgehead atoms. The van der Waals surface area contributed by atoms with Crippen LogP contribution in [0, 0.1) is 0 Å². The number of phenols is 1. The molecule has 0 radical (unpaired) electrons. The van der Waals surface area contributed by atoms with Gasteiger partial charge in [0.1, 0.15) is 5.75 Å². The Balaban J connectivity index is 2.37. The molecule has 5 heteroatoms. The minimum Gasteiger partial charge on any atom is -0.508 e. The number of aromatic carboxylic acids is 1. The predicted molar refractivity (Wildman–Crippen MR) is 52.6 cm³/mol. The van der Waals surface area contributed by atoms with Crippen molar-refractivity contribution in [3.63, 3.8) is 0 Å². The van der Waals surface area contributed by atoms with E-state index in [0.29, 0.717) is 5.69 Å². The third kappa shape index (κ3) is 1.80. The molecule has 1 aromatic carbocycles. The number of benzene rings is 1. The van der Waals surface area contributed by atoms with Crippen molar-refractivity contribution in [2.75, 3.05) is 0 Å². The lowest BCUT2D eigenvalue weighted by atomic mass is 10.2. The molecule has 1 heterocycles. The molecule has 0 saturated carbocycles. The van der Waals surface area contributed by atoms with E-state index in [9.17, 15) is 4.79 Å². The molecule has 15 heavy (non-hydrogen) atoms. The van der Waals surface area contributed by atoms with Crippen molar-refractivity contribution in [3.8, 4) is 17.0 Å². The Hall–Kier alpha value is -2.30. The Labute approximate surface area is 85.0 Å². The summed E-state index contributed by atoms with van der Waals surface area (Å²) < 4.78 is 0. The van der Waals surface area contributed by atoms with Crippen molar-refractivity contribution in [1.29, 1.82) is 0 Å². The summed E-state index contributed by atoms with van der Waals surface area (Å²) in [7, 11) is 0. The maximum absolute atomic E-state index is 10.6. The van der Waals surface area contributed by atoms with Gasteiger partial charge < -0.3 is 15.2 Å². The smallest absolute Gasteiger partial charge is 0.371 e. The summed E-state index contributed by atoms with van der Waals surface area (Å²) in [6.45, 7) is 0. The number of aromatic nitrogens is 2. The maximum atomic E-state index is 10.6. The molecule has 5 nitrogen and oxygen atoms in total. The Morgan fingerprint density at radius 1 is 1.27 bits per heavy atom. The summed E-state index contributed by atoms with van der Waals surface area (Å²) >= 11 is 0. The molecule has 0 fully saturated rings. The fourth-order valence-corrected chi connectivity index (χ4v) is 1.22. The second kappa shape index (κ2) is 3.45. The van der Waals surface area contributed by atoms with Gasteiger partial charge >= 0.3 is 5.97 Å². The van der Waals surface area contributed by atoms with Gasteiger partial charge in [-0.05, 0) is 29.8 Å². The second-order valence-electron chi connectivity index (χ2n) is 3.00. The van der Waals surface area contributed by atoms with Crippen LogP contribution in [0.4, 0.5) is 0 Å². The van der Waals surface area contributed by atoms with E-state index in [4.69, 9.17) is 10.2 Å². The summed E-state index contributed by atoms with van der Waals surface area (Å²) in [5, 5.41) is 17.7. The molecule has 0 saturated heterocycles. The van der Waals surface area contributed by atoms with Gasteiger partial charge in [0.2, 0.25) is 5.82 Å². The molecular weight excluding hydrogens is 196 g/mol. The molecule has 0 spiro atoms. The number of hydrogen-bond donors (Lipinski definition) is 3. The fourth-order valence-electron chi connectivity index (χ4n) is 1.22. The number of rotatable bonds is 2. The van der Waals surface area contributed by atoms with Crippen LogP contribution in [0.2, 0.25) is 0 Å². The highest BCUT2D eigenvalue weighted by Gasteiger charge is 2.08. The fraction of sp³-hybridized carbons (Fsp3) is 0. The zero-order chi connectivity index (χ0) is 10.8. The van der Waals surface area contributed by atoms with Gasteiger partial charge in [0, 0.05) is 0 Å². The summed E-state index contributed by atoms with van der Waals surface area (Å²) in [6, 6.07) is 6.40. The van der Waals surface area contributed by atoms with E-state index in [2.05, 4.69) is 9.97 Å². The number of nitrogens with one attached hydrogen (secondary N) is 1. The van der Waals surface area contributed by atoms with Crippen molar-refractivity contribution in [3.05, 3.63) is 36.3 Å². The van der Waals surface area contributed by atoms with Crippen molar-refractivity contribution >= 4 is 5.97 Å². The molecule has 0 aliphatic rings. The number of H-pyrrole nitrogens is 1. The van der Waals surface area contributed by atoms with Crippen LogP contribution in [0.1, 0.15) is 10.6 Å². The molecule has 0 atom stereocenters. The number of carboxylic acid groups (broad SMARTS) is 1. The molecule has 0 amide bonds. The third-order valence-corrected chi connectivity index (χ3v) is 1.96. The van der Waals surface area contributed by atoms with E-state index in [1.165, 1.54) is 18.3 Å². The standard InChI is InChI=1S/C10H8N2O3/c13-7-3-1-6(2-4-7)8-5-11-9(12-8)10(14)15/h1-5,13H,(H,11,12)(H,14,15). The van der Waals surface area contributed by atoms with Gasteiger partial charge in [-0.1, -0.05) is 0 Å². The number of nitrogens with zero attached hydrogens (tertiary/aromatic N) is 1. The number of hydrogen-bond acceptors (Lipinski definition) is 3. The van der Waals surface area contributed by atoms with Gasteiger partial charge in [0.05, 0.1) is 11.9 Å². The van der Waals surface area contributed by atoms with Crippen LogP contribution < -0.4 is 0 Å². The van der Waals surface area contributed by atoms with Gasteiger partial charge in [-0.2, -0.15) is 0 Å². The van der Waals surface area contributed by atoms with Crippen LogP contribution in [0.15, 0.2) is 30.5 Å². The molecule has 2 aromatic rings. The maximum Gasteiger partial charge on any atom is 0.371 e. The quantitative estimate of drug-likeness (QED) is 0.691. The first-order valence-corrected chi connectivity index (χ1v) is 4.24. The molecule has 0 aliphatic heterocycles. The Morgan fingerprint density at radius 3 is 2.47 bits per heavy atom. The van der Waals surface area contributed by atoms with Crippen LogP contribution in [0.5, 0.6) is 5.75 Å². The van der Waals surface area contributed by atoms with E-state index < -0.39 is 5.97 Å². The third-order valence-electron chi connectivity index (χ3n) is 1.96. The zero-order valence-corrected chi connectivity index (χ0v) is 7.64. The second-order valence-corrected chi connectivity index (χ2v) is 3.00. The van der Waals surface area contributed by atoms with E-state index in [1.807, 2.05) is 0 Å². The van der Waals surface area contributed by atoms with Crippen LogP contribution in [0.3, 0.4) is 0 Å². The lowest BCUT2D eigenvalue weighted by Gasteiger charge is -1.96. The van der Waals surface area contributed by atoms with Gasteiger partial charge in [0.25, 0.3) is 0 Å². The lowest BCUT2D eigenvalue weighted by Crippen LogP contribution is -1.98. The summed E-state index contributed by atoms with van der Waals surface area (Å²) in [5.74, 6) is -1.03. The van der Waals surface area contributed by atoms with Crippen molar-refractivity contribution < 1.29 is 15.0 Å². The molecule has 0 unspecified atom stereocenters. The summed E-state index contributed by atoms with van der Waals surface area (Å²) in [6.07, 6.45) is 1.44. The van der Waals surface area contributed by atoms with E-state index in [1.54, 1.807) is 12.1 Å². The van der Waals surface area contributed by atoms with Crippen LogP contribution in [-0.4, -0.2) is 26.2 Å². The largest absolute Gasteiger partial charge is 0.508 e. The molecule has 1 aromatic heterocycles. The highest BCUT2D eigenvalue weighted by molar-refractivity contribution is 5.84. The van der Waals surface area contributed by atoms with Gasteiger partial charge in [-0.15, -0.1) is 0 Å². The first kappa shape index (κ1) is 9.26. The van der Waals surface area contributed by atoms with Gasteiger partial charge in [0.15, 0.2) is 0 Å². The van der Waals surface area contributed by atoms with Crippen LogP contribution >= 0.6 is 0 Å². The lowest BCUT2D eigenvalue weighted by molar-refractivity contribution is 0.0685. The number of phenolic OH excluding ortho intramolecular Hbond substituents is 1. The van der Waals surface area contributed by atoms with E-state index >= 15 is 0 Å². The van der Waals surface area contributed by atoms with Crippen LogP contribution in [0.25, 0.3) is 11.3 Å². The van der Waals surface area contributed by atoms with Crippen molar-refractivity contribution in [2.24, 2.45) is 0 Å². The topological polar surface area (TPSA) is 86.2 Å². The normalized spacial score (nSPS) is 10.1. The first-order valence-electron chi connectivity index (χ1n) is 4.24. The number of imidazole rings is 1. The Kier molecular flexibility index (Phi) is 2.13. The number of aromatic hydroxyl groups is 1.